The standard InChI is InChI=1S/C23H24N2O2/c1-2-19-16-18(5-8-22(19)25-11-1)17-3-6-20(7-4-17)23(26-14-15-27-23)21-9-12-24-13-10-21/h1-8,11,16,21,24H,9-10,12-15H2. The number of hydrogen-bond acceptors (Lipinski definition) is 4. The Morgan fingerprint density at radius 1 is 0.889 bits per heavy atom. The minimum Gasteiger partial charge on any atom is -0.343 e. The van der Waals surface area contributed by atoms with Crippen molar-refractivity contribution in [3.63, 3.8) is 0 Å². The first-order valence-electron chi connectivity index (χ1n) is 9.79. The molecule has 3 heterocycles. The van der Waals surface area contributed by atoms with Gasteiger partial charge in [0.15, 0.2) is 5.79 Å². The lowest BCUT2D eigenvalue weighted by Gasteiger charge is -2.38. The topological polar surface area (TPSA) is 43.4 Å². The van der Waals surface area contributed by atoms with E-state index < -0.39 is 5.79 Å². The smallest absolute Gasteiger partial charge is 0.197 e. The van der Waals surface area contributed by atoms with Gasteiger partial charge in [0.1, 0.15) is 0 Å². The molecule has 4 heteroatoms. The minimum absolute atomic E-state index is 0.402. The number of nitrogens with one attached hydrogen (secondary N) is 1. The second kappa shape index (κ2) is 7.04. The molecule has 0 amide bonds. The fourth-order valence-corrected chi connectivity index (χ4v) is 4.42. The van der Waals surface area contributed by atoms with Gasteiger partial charge < -0.3 is 14.8 Å². The summed E-state index contributed by atoms with van der Waals surface area (Å²) in [5.41, 5.74) is 4.56. The van der Waals surface area contributed by atoms with E-state index in [-0.39, 0.29) is 0 Å². The van der Waals surface area contributed by atoms with Crippen LogP contribution in [0.3, 0.4) is 0 Å². The normalized spacial score (nSPS) is 20.1. The van der Waals surface area contributed by atoms with Crippen LogP contribution >= 0.6 is 0 Å². The van der Waals surface area contributed by atoms with E-state index in [1.165, 1.54) is 11.1 Å². The molecule has 2 aliphatic heterocycles. The van der Waals surface area contributed by atoms with Crippen molar-refractivity contribution in [3.8, 4) is 11.1 Å². The van der Waals surface area contributed by atoms with Crippen LogP contribution in [0.1, 0.15) is 18.4 Å². The highest BCUT2D eigenvalue weighted by Gasteiger charge is 2.46. The number of piperidine rings is 1. The van der Waals surface area contributed by atoms with E-state index in [1.54, 1.807) is 0 Å². The Balaban J connectivity index is 1.47. The lowest BCUT2D eigenvalue weighted by atomic mass is 9.84. The summed E-state index contributed by atoms with van der Waals surface area (Å²) >= 11 is 0. The van der Waals surface area contributed by atoms with Crippen molar-refractivity contribution >= 4 is 10.9 Å². The predicted molar refractivity (Wildman–Crippen MR) is 106 cm³/mol. The van der Waals surface area contributed by atoms with Gasteiger partial charge in [0, 0.05) is 23.1 Å². The number of nitrogens with zero attached hydrogens (tertiary/aromatic N) is 1. The molecule has 2 aromatic carbocycles. The molecule has 138 valence electrons. The molecule has 2 saturated heterocycles. The predicted octanol–water partition coefficient (Wildman–Crippen LogP) is 4.10. The number of benzene rings is 2. The van der Waals surface area contributed by atoms with Crippen molar-refractivity contribution in [3.05, 3.63) is 66.4 Å². The van der Waals surface area contributed by atoms with Gasteiger partial charge in [-0.05, 0) is 55.3 Å². The summed E-state index contributed by atoms with van der Waals surface area (Å²) in [6.07, 6.45) is 4.00. The largest absolute Gasteiger partial charge is 0.343 e. The molecule has 0 atom stereocenters. The molecule has 0 spiro atoms. The van der Waals surface area contributed by atoms with Crippen LogP contribution in [0.15, 0.2) is 60.8 Å². The van der Waals surface area contributed by atoms with Crippen LogP contribution in [0.2, 0.25) is 0 Å². The average Bonchev–Trinajstić information content (AvgIpc) is 3.25. The lowest BCUT2D eigenvalue weighted by Crippen LogP contribution is -2.42. The van der Waals surface area contributed by atoms with Crippen LogP contribution in [0.5, 0.6) is 0 Å². The number of hydrogen-bond donors (Lipinski definition) is 1. The van der Waals surface area contributed by atoms with Crippen molar-refractivity contribution in [2.75, 3.05) is 26.3 Å². The Hall–Kier alpha value is -2.27. The number of pyridine rings is 1. The van der Waals surface area contributed by atoms with E-state index in [4.69, 9.17) is 9.47 Å². The zero-order valence-corrected chi connectivity index (χ0v) is 15.4. The molecule has 0 bridgehead atoms. The fraction of sp³-hybridized carbons (Fsp3) is 0.348. The monoisotopic (exact) mass is 360 g/mol. The maximum absolute atomic E-state index is 6.21. The molecule has 0 aliphatic carbocycles. The molecular formula is C23H24N2O2. The molecule has 3 aromatic rings. The zero-order valence-electron chi connectivity index (χ0n) is 15.4. The van der Waals surface area contributed by atoms with Gasteiger partial charge in [-0.2, -0.15) is 0 Å². The second-order valence-electron chi connectivity index (χ2n) is 7.38. The second-order valence-corrected chi connectivity index (χ2v) is 7.38. The highest BCUT2D eigenvalue weighted by atomic mass is 16.7. The third kappa shape index (κ3) is 3.04. The number of rotatable bonds is 3. The van der Waals surface area contributed by atoms with E-state index in [9.17, 15) is 0 Å². The highest BCUT2D eigenvalue weighted by Crippen LogP contribution is 2.43. The number of aromatic nitrogens is 1. The van der Waals surface area contributed by atoms with Crippen LogP contribution in [-0.2, 0) is 15.3 Å². The first kappa shape index (κ1) is 16.9. The molecule has 0 saturated carbocycles. The summed E-state index contributed by atoms with van der Waals surface area (Å²) in [6, 6.07) is 19.2. The maximum atomic E-state index is 6.21. The fourth-order valence-electron chi connectivity index (χ4n) is 4.42. The molecule has 2 aliphatic rings. The third-order valence-electron chi connectivity index (χ3n) is 5.82. The van der Waals surface area contributed by atoms with Gasteiger partial charge in [0.2, 0.25) is 0 Å². The Kier molecular flexibility index (Phi) is 4.40. The summed E-state index contributed by atoms with van der Waals surface area (Å²) in [7, 11) is 0. The van der Waals surface area contributed by atoms with Crippen molar-refractivity contribution in [2.24, 2.45) is 5.92 Å². The third-order valence-corrected chi connectivity index (χ3v) is 5.82. The summed E-state index contributed by atoms with van der Waals surface area (Å²) in [5, 5.41) is 4.60. The molecule has 1 aromatic heterocycles. The first-order chi connectivity index (χ1) is 13.4. The van der Waals surface area contributed by atoms with E-state index in [1.807, 2.05) is 12.3 Å². The van der Waals surface area contributed by atoms with Gasteiger partial charge in [-0.25, -0.2) is 0 Å². The molecule has 4 nitrogen and oxygen atoms in total. The SMILES string of the molecule is c1cnc2ccc(-c3ccc(C4(C5CCNCC5)OCCO4)cc3)cc2c1. The minimum atomic E-state index is -0.575. The molecule has 0 unspecified atom stereocenters. The maximum Gasteiger partial charge on any atom is 0.197 e. The molecule has 2 fully saturated rings. The van der Waals surface area contributed by atoms with E-state index >= 15 is 0 Å². The van der Waals surface area contributed by atoms with Crippen LogP contribution < -0.4 is 5.32 Å². The molecule has 0 radical (unpaired) electrons. The van der Waals surface area contributed by atoms with Crippen LogP contribution in [0.4, 0.5) is 0 Å². The Labute approximate surface area is 159 Å². The van der Waals surface area contributed by atoms with Crippen molar-refractivity contribution in [1.82, 2.24) is 10.3 Å². The van der Waals surface area contributed by atoms with Gasteiger partial charge in [-0.15, -0.1) is 0 Å². The van der Waals surface area contributed by atoms with Crippen LogP contribution in [0.25, 0.3) is 22.0 Å². The Bertz CT molecular complexity index is 927. The number of ether oxygens (including phenoxy) is 2. The van der Waals surface area contributed by atoms with Gasteiger partial charge in [0.25, 0.3) is 0 Å². The highest BCUT2D eigenvalue weighted by molar-refractivity contribution is 5.84. The quantitative estimate of drug-likeness (QED) is 0.764. The van der Waals surface area contributed by atoms with Crippen molar-refractivity contribution < 1.29 is 9.47 Å². The summed E-state index contributed by atoms with van der Waals surface area (Å²) in [5.74, 6) is -0.174. The molecule has 27 heavy (non-hydrogen) atoms. The summed E-state index contributed by atoms with van der Waals surface area (Å²) < 4.78 is 12.4. The Morgan fingerprint density at radius 3 is 2.41 bits per heavy atom. The lowest BCUT2D eigenvalue weighted by molar-refractivity contribution is -0.210. The Morgan fingerprint density at radius 2 is 1.63 bits per heavy atom. The van der Waals surface area contributed by atoms with Gasteiger partial charge in [0.05, 0.1) is 18.7 Å². The van der Waals surface area contributed by atoms with Crippen LogP contribution in [0, 0.1) is 5.92 Å². The molecular weight excluding hydrogens is 336 g/mol. The van der Waals surface area contributed by atoms with Gasteiger partial charge in [-0.1, -0.05) is 36.4 Å². The molecule has 5 rings (SSSR count). The summed E-state index contributed by atoms with van der Waals surface area (Å²) in [6.45, 7) is 3.40. The van der Waals surface area contributed by atoms with E-state index in [0.29, 0.717) is 19.1 Å². The van der Waals surface area contributed by atoms with Crippen LogP contribution in [-0.4, -0.2) is 31.3 Å². The first-order valence-corrected chi connectivity index (χ1v) is 9.79. The van der Waals surface area contributed by atoms with Crippen molar-refractivity contribution in [2.45, 2.75) is 18.6 Å². The average molecular weight is 360 g/mol. The number of fused-ring (bicyclic) bond motifs is 1. The van der Waals surface area contributed by atoms with Gasteiger partial charge in [-0.3, -0.25) is 4.98 Å². The van der Waals surface area contributed by atoms with E-state index in [0.717, 1.165) is 42.4 Å². The molecule has 1 N–H and O–H groups in total. The van der Waals surface area contributed by atoms with Crippen molar-refractivity contribution in [1.29, 1.82) is 0 Å². The summed E-state index contributed by atoms with van der Waals surface area (Å²) in [4.78, 5) is 4.41. The van der Waals surface area contributed by atoms with E-state index in [2.05, 4.69) is 58.8 Å². The van der Waals surface area contributed by atoms with Gasteiger partial charge >= 0.3 is 0 Å². The zero-order chi connectivity index (χ0) is 18.1.